The van der Waals surface area contributed by atoms with Crippen molar-refractivity contribution in [3.8, 4) is 5.75 Å². The molecule has 4 nitrogen and oxygen atoms in total. The van der Waals surface area contributed by atoms with Crippen molar-refractivity contribution < 1.29 is 9.53 Å². The predicted octanol–water partition coefficient (Wildman–Crippen LogP) is 2.75. The summed E-state index contributed by atoms with van der Waals surface area (Å²) in [5, 5.41) is 4.20. The lowest BCUT2D eigenvalue weighted by molar-refractivity contribution is 0.102. The van der Waals surface area contributed by atoms with Crippen molar-refractivity contribution in [1.29, 1.82) is 0 Å². The van der Waals surface area contributed by atoms with Crippen molar-refractivity contribution in [2.24, 2.45) is 7.05 Å². The van der Waals surface area contributed by atoms with Crippen molar-refractivity contribution in [3.63, 3.8) is 0 Å². The Morgan fingerprint density at radius 1 is 1.37 bits per heavy atom. The Balaban J connectivity index is 2.36. The summed E-state index contributed by atoms with van der Waals surface area (Å²) in [5.41, 5.74) is 1.99. The summed E-state index contributed by atoms with van der Waals surface area (Å²) < 4.78 is 7.23. The maximum Gasteiger partial charge on any atom is 0.214 e. The molecule has 1 aromatic heterocycles. The predicted molar refractivity (Wildman–Crippen MR) is 73.6 cm³/mol. The zero-order valence-corrected chi connectivity index (χ0v) is 11.5. The third-order valence-electron chi connectivity index (χ3n) is 2.83. The molecule has 1 aromatic carbocycles. The minimum Gasteiger partial charge on any atom is -0.493 e. The van der Waals surface area contributed by atoms with E-state index in [1.165, 1.54) is 0 Å². The number of nitrogens with zero attached hydrogens (tertiary/aromatic N) is 2. The number of carbonyl (C=O) groups is 1. The van der Waals surface area contributed by atoms with Crippen LogP contribution in [0.3, 0.4) is 0 Å². The highest BCUT2D eigenvalue weighted by Crippen LogP contribution is 2.21. The van der Waals surface area contributed by atoms with Gasteiger partial charge in [-0.05, 0) is 31.5 Å². The smallest absolute Gasteiger partial charge is 0.214 e. The number of benzene rings is 1. The van der Waals surface area contributed by atoms with Crippen LogP contribution >= 0.6 is 0 Å². The van der Waals surface area contributed by atoms with Crippen LogP contribution in [0.1, 0.15) is 35.1 Å². The first-order chi connectivity index (χ1) is 9.13. The minimum absolute atomic E-state index is 0.0604. The molecule has 0 aliphatic heterocycles. The van der Waals surface area contributed by atoms with Gasteiger partial charge in [-0.15, -0.1) is 0 Å². The summed E-state index contributed by atoms with van der Waals surface area (Å²) in [4.78, 5) is 12.5. The van der Waals surface area contributed by atoms with Gasteiger partial charge in [0.25, 0.3) is 0 Å². The number of carbonyl (C=O) groups excluding carboxylic acids is 1. The normalized spacial score (nSPS) is 10.5. The lowest BCUT2D eigenvalue weighted by atomic mass is 10.1. The molecule has 2 aromatic rings. The van der Waals surface area contributed by atoms with Gasteiger partial charge in [-0.2, -0.15) is 5.10 Å². The van der Waals surface area contributed by atoms with Crippen molar-refractivity contribution in [2.75, 3.05) is 6.61 Å². The van der Waals surface area contributed by atoms with E-state index in [4.69, 9.17) is 4.74 Å². The second-order valence-electron chi connectivity index (χ2n) is 4.47. The van der Waals surface area contributed by atoms with Crippen molar-refractivity contribution in [3.05, 3.63) is 47.3 Å². The van der Waals surface area contributed by atoms with Crippen LogP contribution in [0.15, 0.2) is 30.3 Å². The fourth-order valence-corrected chi connectivity index (χ4v) is 1.95. The highest BCUT2D eigenvalue weighted by atomic mass is 16.5. The third kappa shape index (κ3) is 2.84. The standard InChI is InChI=1S/C15H18N2O2/c1-4-9-19-14-8-6-5-7-12(14)15(18)13-10-11(2)16-17(13)3/h5-8,10H,4,9H2,1-3H3. The van der Waals surface area contributed by atoms with E-state index in [-0.39, 0.29) is 5.78 Å². The fourth-order valence-electron chi connectivity index (χ4n) is 1.95. The average Bonchev–Trinajstić information content (AvgIpc) is 2.75. The molecule has 19 heavy (non-hydrogen) atoms. The zero-order chi connectivity index (χ0) is 13.8. The largest absolute Gasteiger partial charge is 0.493 e. The van der Waals surface area contributed by atoms with Gasteiger partial charge in [0.1, 0.15) is 11.4 Å². The Morgan fingerprint density at radius 3 is 2.74 bits per heavy atom. The van der Waals surface area contributed by atoms with E-state index in [1.54, 1.807) is 23.9 Å². The number of rotatable bonds is 5. The third-order valence-corrected chi connectivity index (χ3v) is 2.83. The van der Waals surface area contributed by atoms with E-state index in [0.29, 0.717) is 23.6 Å². The maximum atomic E-state index is 12.5. The highest BCUT2D eigenvalue weighted by molar-refractivity contribution is 6.09. The molecular formula is C15H18N2O2. The molecule has 0 radical (unpaired) electrons. The second kappa shape index (κ2) is 5.69. The first-order valence-corrected chi connectivity index (χ1v) is 6.40. The van der Waals surface area contributed by atoms with Gasteiger partial charge in [0.2, 0.25) is 5.78 Å². The lowest BCUT2D eigenvalue weighted by Crippen LogP contribution is -2.10. The van der Waals surface area contributed by atoms with E-state index >= 15 is 0 Å². The number of aromatic nitrogens is 2. The monoisotopic (exact) mass is 258 g/mol. The van der Waals surface area contributed by atoms with E-state index < -0.39 is 0 Å². The van der Waals surface area contributed by atoms with Crippen LogP contribution in [0.2, 0.25) is 0 Å². The average molecular weight is 258 g/mol. The highest BCUT2D eigenvalue weighted by Gasteiger charge is 2.18. The second-order valence-corrected chi connectivity index (χ2v) is 4.47. The number of ether oxygens (including phenoxy) is 1. The number of para-hydroxylation sites is 1. The first-order valence-electron chi connectivity index (χ1n) is 6.40. The molecule has 0 saturated heterocycles. The quantitative estimate of drug-likeness (QED) is 0.774. The van der Waals surface area contributed by atoms with Gasteiger partial charge < -0.3 is 4.74 Å². The van der Waals surface area contributed by atoms with Gasteiger partial charge >= 0.3 is 0 Å². The number of hydrogen-bond acceptors (Lipinski definition) is 3. The maximum absolute atomic E-state index is 12.5. The Kier molecular flexibility index (Phi) is 4.00. The van der Waals surface area contributed by atoms with Gasteiger partial charge in [-0.3, -0.25) is 9.48 Å². The Morgan fingerprint density at radius 2 is 2.11 bits per heavy atom. The summed E-state index contributed by atoms with van der Waals surface area (Å²) in [6, 6.07) is 9.12. The SMILES string of the molecule is CCCOc1ccccc1C(=O)c1cc(C)nn1C. The Labute approximate surface area is 113 Å². The van der Waals surface area contributed by atoms with Gasteiger partial charge in [0.05, 0.1) is 17.9 Å². The number of ketones is 1. The number of aryl methyl sites for hydroxylation is 2. The van der Waals surface area contributed by atoms with E-state index in [9.17, 15) is 4.79 Å². The van der Waals surface area contributed by atoms with Gasteiger partial charge in [-0.25, -0.2) is 0 Å². The molecule has 0 saturated carbocycles. The topological polar surface area (TPSA) is 44.1 Å². The summed E-state index contributed by atoms with van der Waals surface area (Å²) in [5.74, 6) is 0.572. The molecule has 0 unspecified atom stereocenters. The molecule has 100 valence electrons. The summed E-state index contributed by atoms with van der Waals surface area (Å²) >= 11 is 0. The van der Waals surface area contributed by atoms with E-state index in [0.717, 1.165) is 12.1 Å². The lowest BCUT2D eigenvalue weighted by Gasteiger charge is -2.09. The summed E-state index contributed by atoms with van der Waals surface area (Å²) in [7, 11) is 1.77. The van der Waals surface area contributed by atoms with Gasteiger partial charge in [0, 0.05) is 7.05 Å². The molecule has 1 heterocycles. The molecule has 4 heteroatoms. The van der Waals surface area contributed by atoms with E-state index in [1.807, 2.05) is 32.0 Å². The molecule has 0 aliphatic carbocycles. The molecule has 0 bridgehead atoms. The zero-order valence-electron chi connectivity index (χ0n) is 11.5. The number of hydrogen-bond donors (Lipinski definition) is 0. The van der Waals surface area contributed by atoms with Crippen molar-refractivity contribution in [1.82, 2.24) is 9.78 Å². The molecular weight excluding hydrogens is 240 g/mol. The Hall–Kier alpha value is -2.10. The van der Waals surface area contributed by atoms with Crippen LogP contribution in [-0.2, 0) is 7.05 Å². The van der Waals surface area contributed by atoms with E-state index in [2.05, 4.69) is 5.10 Å². The molecule has 0 spiro atoms. The van der Waals surface area contributed by atoms with Crippen LogP contribution in [0.4, 0.5) is 0 Å². The molecule has 2 rings (SSSR count). The molecule has 0 amide bonds. The molecule has 0 N–H and O–H groups in total. The molecule has 0 atom stereocenters. The van der Waals surface area contributed by atoms with Crippen LogP contribution in [0, 0.1) is 6.92 Å². The molecule has 0 fully saturated rings. The van der Waals surface area contributed by atoms with Gasteiger partial charge in [-0.1, -0.05) is 19.1 Å². The summed E-state index contributed by atoms with van der Waals surface area (Å²) in [6.45, 7) is 4.51. The van der Waals surface area contributed by atoms with Crippen molar-refractivity contribution >= 4 is 5.78 Å². The summed E-state index contributed by atoms with van der Waals surface area (Å²) in [6.07, 6.45) is 0.910. The van der Waals surface area contributed by atoms with Crippen LogP contribution in [0.25, 0.3) is 0 Å². The minimum atomic E-state index is -0.0604. The Bertz CT molecular complexity index is 588. The molecule has 0 aliphatic rings. The van der Waals surface area contributed by atoms with Crippen LogP contribution in [0.5, 0.6) is 5.75 Å². The van der Waals surface area contributed by atoms with Crippen LogP contribution < -0.4 is 4.74 Å². The van der Waals surface area contributed by atoms with Crippen molar-refractivity contribution in [2.45, 2.75) is 20.3 Å². The fraction of sp³-hybridized carbons (Fsp3) is 0.333. The van der Waals surface area contributed by atoms with Gasteiger partial charge in [0.15, 0.2) is 0 Å². The first kappa shape index (κ1) is 13.3. The van der Waals surface area contributed by atoms with Crippen LogP contribution in [-0.4, -0.2) is 22.2 Å².